The Morgan fingerprint density at radius 3 is 1.72 bits per heavy atom. The monoisotopic (exact) mass is 726 g/mol. The maximum Gasteiger partial charge on any atom is 0.472 e. The van der Waals surface area contributed by atoms with Gasteiger partial charge in [-0.05, 0) is 64.2 Å². The molecule has 0 saturated carbocycles. The molecule has 50 heavy (non-hydrogen) atoms. The minimum Gasteiger partial charge on any atom is -0.387 e. The number of nitrogens with zero attached hydrogens (tertiary/aromatic N) is 1. The molecular formula is C41H78N2O6P+. The Balaban J connectivity index is 4.48. The van der Waals surface area contributed by atoms with Crippen molar-refractivity contribution in [2.24, 2.45) is 0 Å². The van der Waals surface area contributed by atoms with Gasteiger partial charge in [0.1, 0.15) is 13.2 Å². The number of nitrogens with one attached hydrogen (secondary N) is 1. The molecule has 0 spiro atoms. The van der Waals surface area contributed by atoms with Gasteiger partial charge in [-0.1, -0.05) is 133 Å². The number of phosphoric acid groups is 1. The van der Waals surface area contributed by atoms with E-state index < -0.39 is 20.0 Å². The van der Waals surface area contributed by atoms with Crippen molar-refractivity contribution in [3.05, 3.63) is 48.6 Å². The van der Waals surface area contributed by atoms with Gasteiger partial charge >= 0.3 is 7.82 Å². The van der Waals surface area contributed by atoms with E-state index in [1.807, 2.05) is 27.2 Å². The summed E-state index contributed by atoms with van der Waals surface area (Å²) < 4.78 is 23.4. The van der Waals surface area contributed by atoms with Crippen molar-refractivity contribution in [3.63, 3.8) is 0 Å². The third-order valence-corrected chi connectivity index (χ3v) is 9.51. The van der Waals surface area contributed by atoms with E-state index in [0.717, 1.165) is 51.4 Å². The lowest BCUT2D eigenvalue weighted by molar-refractivity contribution is -0.870. The smallest absolute Gasteiger partial charge is 0.387 e. The van der Waals surface area contributed by atoms with Crippen LogP contribution in [0.1, 0.15) is 155 Å². The molecule has 0 aliphatic heterocycles. The molecule has 0 aromatic heterocycles. The van der Waals surface area contributed by atoms with Crippen LogP contribution in [0.3, 0.4) is 0 Å². The Hall–Kier alpha value is -1.54. The molecule has 3 atom stereocenters. The highest BCUT2D eigenvalue weighted by Crippen LogP contribution is 2.43. The van der Waals surface area contributed by atoms with Gasteiger partial charge in [-0.2, -0.15) is 0 Å². The Bertz CT molecular complexity index is 959. The van der Waals surface area contributed by atoms with E-state index in [0.29, 0.717) is 17.4 Å². The number of aliphatic hydroxyl groups is 1. The zero-order valence-electron chi connectivity index (χ0n) is 32.9. The van der Waals surface area contributed by atoms with Crippen LogP contribution < -0.4 is 5.32 Å². The van der Waals surface area contributed by atoms with Gasteiger partial charge in [-0.15, -0.1) is 0 Å². The summed E-state index contributed by atoms with van der Waals surface area (Å²) in [6, 6.07) is -0.865. The Labute approximate surface area is 308 Å². The first-order valence-corrected chi connectivity index (χ1v) is 21.5. The number of rotatable bonds is 35. The highest BCUT2D eigenvalue weighted by Gasteiger charge is 2.27. The van der Waals surface area contributed by atoms with Crippen LogP contribution in [0.2, 0.25) is 0 Å². The lowest BCUT2D eigenvalue weighted by Gasteiger charge is -2.25. The summed E-state index contributed by atoms with van der Waals surface area (Å²) in [5.74, 6) is -0.200. The average Bonchev–Trinajstić information content (AvgIpc) is 3.06. The fourth-order valence-electron chi connectivity index (χ4n) is 5.26. The number of phosphoric ester groups is 1. The lowest BCUT2D eigenvalue weighted by atomic mass is 10.1. The van der Waals surface area contributed by atoms with Crippen LogP contribution in [0, 0.1) is 0 Å². The number of carbonyl (C=O) groups excluding carboxylic acids is 1. The molecule has 0 aromatic rings. The summed E-state index contributed by atoms with van der Waals surface area (Å²) in [6.07, 6.45) is 40.4. The van der Waals surface area contributed by atoms with Crippen LogP contribution >= 0.6 is 7.82 Å². The number of hydrogen-bond donors (Lipinski definition) is 3. The van der Waals surface area contributed by atoms with Gasteiger partial charge in [0.15, 0.2) is 0 Å². The predicted octanol–water partition coefficient (Wildman–Crippen LogP) is 10.5. The molecule has 3 N–H and O–H groups in total. The minimum absolute atomic E-state index is 0.0527. The summed E-state index contributed by atoms with van der Waals surface area (Å²) in [5.41, 5.74) is 0. The third-order valence-electron chi connectivity index (χ3n) is 8.52. The molecular weight excluding hydrogens is 647 g/mol. The lowest BCUT2D eigenvalue weighted by Crippen LogP contribution is -2.45. The molecule has 0 fully saturated rings. The first-order valence-electron chi connectivity index (χ1n) is 20.0. The number of likely N-dealkylation sites (N-methyl/N-ethyl adjacent to an activating group) is 1. The number of allylic oxidation sites excluding steroid dienone is 7. The van der Waals surface area contributed by atoms with Crippen LogP contribution in [-0.2, 0) is 18.4 Å². The number of amides is 1. The molecule has 0 heterocycles. The number of unbranched alkanes of at least 4 members (excludes halogenated alkanes) is 16. The second-order valence-electron chi connectivity index (χ2n) is 14.6. The van der Waals surface area contributed by atoms with Gasteiger partial charge in [0, 0.05) is 6.42 Å². The summed E-state index contributed by atoms with van der Waals surface area (Å²) >= 11 is 0. The van der Waals surface area contributed by atoms with Crippen molar-refractivity contribution in [2.45, 2.75) is 167 Å². The first-order chi connectivity index (χ1) is 24.0. The second-order valence-corrected chi connectivity index (χ2v) is 16.1. The molecule has 0 saturated heterocycles. The van der Waals surface area contributed by atoms with E-state index in [1.54, 1.807) is 6.08 Å². The van der Waals surface area contributed by atoms with E-state index in [9.17, 15) is 19.4 Å². The third kappa shape index (κ3) is 34.9. The Morgan fingerprint density at radius 2 is 1.16 bits per heavy atom. The highest BCUT2D eigenvalue weighted by atomic mass is 31.2. The molecule has 3 unspecified atom stereocenters. The normalized spacial score (nSPS) is 15.1. The largest absolute Gasteiger partial charge is 0.472 e. The molecule has 292 valence electrons. The highest BCUT2D eigenvalue weighted by molar-refractivity contribution is 7.47. The molecule has 1 amide bonds. The zero-order valence-corrected chi connectivity index (χ0v) is 33.8. The number of aliphatic hydroxyl groups excluding tert-OH is 1. The average molecular weight is 726 g/mol. The van der Waals surface area contributed by atoms with E-state index in [1.165, 1.54) is 83.5 Å². The predicted molar refractivity (Wildman–Crippen MR) is 212 cm³/mol. The SMILES string of the molecule is CCCCCC/C=C\C/C=C\CCCCCCCCCC(=O)NC(COP(=O)(O)OCC[N+](C)(C)C)C(O)/C=C/CC/C=C/CCCCCC. The first kappa shape index (κ1) is 48.5. The molecule has 8 nitrogen and oxygen atoms in total. The molecule has 0 rings (SSSR count). The topological polar surface area (TPSA) is 105 Å². The van der Waals surface area contributed by atoms with E-state index >= 15 is 0 Å². The number of hydrogen-bond acceptors (Lipinski definition) is 5. The molecule has 0 bridgehead atoms. The molecule has 0 aromatic carbocycles. The summed E-state index contributed by atoms with van der Waals surface area (Å²) in [6.45, 7) is 4.71. The van der Waals surface area contributed by atoms with Gasteiger partial charge in [-0.3, -0.25) is 13.8 Å². The Morgan fingerprint density at radius 1 is 0.680 bits per heavy atom. The van der Waals surface area contributed by atoms with Crippen LogP contribution in [0.25, 0.3) is 0 Å². The Kier molecular flexibility index (Phi) is 32.3. The summed E-state index contributed by atoms with van der Waals surface area (Å²) in [4.78, 5) is 23.0. The molecule has 0 radical (unpaired) electrons. The van der Waals surface area contributed by atoms with Crippen LogP contribution in [0.15, 0.2) is 48.6 Å². The van der Waals surface area contributed by atoms with E-state index in [-0.39, 0.29) is 19.1 Å². The molecule has 0 aliphatic rings. The maximum atomic E-state index is 12.8. The van der Waals surface area contributed by atoms with Gasteiger partial charge in [0.05, 0.1) is 39.9 Å². The van der Waals surface area contributed by atoms with Gasteiger partial charge < -0.3 is 19.8 Å². The van der Waals surface area contributed by atoms with Crippen molar-refractivity contribution < 1.29 is 32.9 Å². The quantitative estimate of drug-likeness (QED) is 0.0260. The fraction of sp³-hybridized carbons (Fsp3) is 0.780. The van der Waals surface area contributed by atoms with Crippen molar-refractivity contribution in [2.75, 3.05) is 40.9 Å². The second kappa shape index (κ2) is 33.3. The van der Waals surface area contributed by atoms with Crippen molar-refractivity contribution in [1.29, 1.82) is 0 Å². The standard InChI is InChI=1S/C41H77N2O6P/c1-6-8-10-12-14-16-18-19-20-21-22-23-24-25-27-29-31-33-35-41(45)42-39(38-49-50(46,47)48-37-36-43(3,4)5)40(44)34-32-30-28-26-17-15-13-11-9-7-2/h16-18,20-21,26,32,34,39-40,44H,6-15,19,22-25,27-31,33,35-38H2,1-5H3,(H-,42,45,46,47)/p+1/b18-16-,21-20-,26-17+,34-32+. The van der Waals surface area contributed by atoms with Gasteiger partial charge in [0.25, 0.3) is 0 Å². The van der Waals surface area contributed by atoms with E-state index in [2.05, 4.69) is 55.6 Å². The van der Waals surface area contributed by atoms with Crippen molar-refractivity contribution >= 4 is 13.7 Å². The molecule has 0 aliphatic carbocycles. The fourth-order valence-corrected chi connectivity index (χ4v) is 6.00. The zero-order chi connectivity index (χ0) is 37.2. The van der Waals surface area contributed by atoms with Gasteiger partial charge in [0.2, 0.25) is 5.91 Å². The minimum atomic E-state index is -4.34. The van der Waals surface area contributed by atoms with E-state index in [4.69, 9.17) is 9.05 Å². The van der Waals surface area contributed by atoms with Gasteiger partial charge in [-0.25, -0.2) is 4.57 Å². The number of quaternary nitrogens is 1. The number of carbonyl (C=O) groups is 1. The van der Waals surface area contributed by atoms with Crippen molar-refractivity contribution in [3.8, 4) is 0 Å². The molecule has 9 heteroatoms. The van der Waals surface area contributed by atoms with Crippen LogP contribution in [0.5, 0.6) is 0 Å². The summed E-state index contributed by atoms with van der Waals surface area (Å²) in [5, 5.41) is 13.7. The van der Waals surface area contributed by atoms with Crippen LogP contribution in [-0.4, -0.2) is 73.4 Å². The van der Waals surface area contributed by atoms with Crippen molar-refractivity contribution in [1.82, 2.24) is 5.32 Å². The maximum absolute atomic E-state index is 12.8. The van der Waals surface area contributed by atoms with Crippen LogP contribution in [0.4, 0.5) is 0 Å². The summed E-state index contributed by atoms with van der Waals surface area (Å²) in [7, 11) is 1.54.